The van der Waals surface area contributed by atoms with E-state index in [-0.39, 0.29) is 0 Å². The van der Waals surface area contributed by atoms with Gasteiger partial charge in [0.1, 0.15) is 12.2 Å². The smallest absolute Gasteiger partial charge is 0.331 e. The summed E-state index contributed by atoms with van der Waals surface area (Å²) in [5.74, 6) is 0.602. The Kier molecular flexibility index (Phi) is 5.41. The van der Waals surface area contributed by atoms with Gasteiger partial charge in [-0.3, -0.25) is 0 Å². The predicted octanol–water partition coefficient (Wildman–Crippen LogP) is 1.14. The molecule has 0 spiro atoms. The third-order valence-electron chi connectivity index (χ3n) is 3.61. The Labute approximate surface area is 128 Å². The average Bonchev–Trinajstić information content (AvgIpc) is 2.84. The molecular weight excluding hydrogens is 288 g/mol. The van der Waals surface area contributed by atoms with Crippen LogP contribution < -0.4 is 9.47 Å². The van der Waals surface area contributed by atoms with Crippen molar-refractivity contribution in [1.29, 1.82) is 0 Å². The molecule has 0 bridgehead atoms. The van der Waals surface area contributed by atoms with Crippen molar-refractivity contribution < 1.29 is 29.2 Å². The number of methoxy groups -OCH3 is 2. The molecule has 6 nitrogen and oxygen atoms in total. The molecule has 6 heteroatoms. The van der Waals surface area contributed by atoms with Gasteiger partial charge < -0.3 is 24.4 Å². The summed E-state index contributed by atoms with van der Waals surface area (Å²) in [6.07, 6.45) is 1.25. The molecule has 1 aliphatic carbocycles. The van der Waals surface area contributed by atoms with Gasteiger partial charge in [0, 0.05) is 6.08 Å². The van der Waals surface area contributed by atoms with E-state index in [1.807, 2.05) is 0 Å². The molecular formula is C16H20O6. The van der Waals surface area contributed by atoms with Crippen LogP contribution in [0.2, 0.25) is 0 Å². The van der Waals surface area contributed by atoms with Gasteiger partial charge in [-0.25, -0.2) is 4.79 Å². The van der Waals surface area contributed by atoms with Crippen LogP contribution in [0.25, 0.3) is 6.08 Å². The van der Waals surface area contributed by atoms with Gasteiger partial charge in [0.05, 0.1) is 20.3 Å². The molecule has 1 aliphatic rings. The highest BCUT2D eigenvalue weighted by molar-refractivity contribution is 5.87. The maximum atomic E-state index is 11.7. The third-order valence-corrected chi connectivity index (χ3v) is 3.61. The number of aliphatic hydroxyl groups excluding tert-OH is 2. The molecule has 0 saturated heterocycles. The number of hydrogen-bond acceptors (Lipinski definition) is 6. The fraction of sp³-hybridized carbons (Fsp3) is 0.438. The number of benzene rings is 1. The highest BCUT2D eigenvalue weighted by Gasteiger charge is 2.35. The maximum absolute atomic E-state index is 11.7. The molecule has 0 unspecified atom stereocenters. The minimum Gasteiger partial charge on any atom is -0.493 e. The number of carbonyl (C=O) groups excluding carboxylic acids is 1. The molecule has 0 aliphatic heterocycles. The normalized spacial score (nSPS) is 24.5. The van der Waals surface area contributed by atoms with Gasteiger partial charge in [-0.15, -0.1) is 0 Å². The number of ether oxygens (including phenoxy) is 3. The maximum Gasteiger partial charge on any atom is 0.331 e. The van der Waals surface area contributed by atoms with Crippen molar-refractivity contribution in [1.82, 2.24) is 0 Å². The number of aliphatic hydroxyl groups is 2. The fourth-order valence-electron chi connectivity index (χ4n) is 2.36. The molecule has 120 valence electrons. The summed E-state index contributed by atoms with van der Waals surface area (Å²) in [6, 6.07) is 5.25. The van der Waals surface area contributed by atoms with Crippen molar-refractivity contribution in [2.45, 2.75) is 31.2 Å². The Balaban J connectivity index is 1.98. The molecule has 1 saturated carbocycles. The van der Waals surface area contributed by atoms with Crippen LogP contribution >= 0.6 is 0 Å². The van der Waals surface area contributed by atoms with Crippen molar-refractivity contribution in [3.8, 4) is 11.5 Å². The number of rotatable bonds is 5. The van der Waals surface area contributed by atoms with Crippen molar-refractivity contribution in [3.63, 3.8) is 0 Å². The van der Waals surface area contributed by atoms with Crippen molar-refractivity contribution in [3.05, 3.63) is 29.8 Å². The fourth-order valence-corrected chi connectivity index (χ4v) is 2.36. The van der Waals surface area contributed by atoms with Gasteiger partial charge in [0.25, 0.3) is 0 Å². The molecule has 1 aromatic rings. The second kappa shape index (κ2) is 7.29. The Hall–Kier alpha value is -2.05. The topological polar surface area (TPSA) is 85.2 Å². The highest BCUT2D eigenvalue weighted by atomic mass is 16.6. The monoisotopic (exact) mass is 308 g/mol. The molecule has 1 fully saturated rings. The van der Waals surface area contributed by atoms with Gasteiger partial charge in [0.15, 0.2) is 11.5 Å². The summed E-state index contributed by atoms with van der Waals surface area (Å²) in [7, 11) is 3.08. The van der Waals surface area contributed by atoms with Gasteiger partial charge in [-0.2, -0.15) is 0 Å². The first-order valence-corrected chi connectivity index (χ1v) is 7.02. The van der Waals surface area contributed by atoms with Gasteiger partial charge in [-0.05, 0) is 36.6 Å². The van der Waals surface area contributed by atoms with Crippen LogP contribution in [0.4, 0.5) is 0 Å². The lowest BCUT2D eigenvalue weighted by Gasteiger charge is -2.15. The highest BCUT2D eigenvalue weighted by Crippen LogP contribution is 2.28. The molecule has 2 N–H and O–H groups in total. The summed E-state index contributed by atoms with van der Waals surface area (Å²) >= 11 is 0. The average molecular weight is 308 g/mol. The van der Waals surface area contributed by atoms with E-state index in [1.165, 1.54) is 13.2 Å². The van der Waals surface area contributed by atoms with E-state index in [9.17, 15) is 15.0 Å². The van der Waals surface area contributed by atoms with E-state index in [1.54, 1.807) is 31.4 Å². The number of hydrogen-bond donors (Lipinski definition) is 2. The van der Waals surface area contributed by atoms with Crippen LogP contribution in [-0.4, -0.2) is 48.7 Å². The standard InChI is InChI=1S/C16H20O6/c1-20-12-6-3-10(9-14(12)21-2)4-8-15(18)22-13-7-5-11(17)16(13)19/h3-4,6,8-9,11,13,16-17,19H,5,7H2,1-2H3/b8-4+/t11-,13+,16-/m0/s1. The van der Waals surface area contributed by atoms with Crippen molar-refractivity contribution >= 4 is 12.0 Å². The Bertz CT molecular complexity index is 554. The molecule has 0 aromatic heterocycles. The Morgan fingerprint density at radius 1 is 1.18 bits per heavy atom. The van der Waals surface area contributed by atoms with Crippen LogP contribution in [0.5, 0.6) is 11.5 Å². The lowest BCUT2D eigenvalue weighted by Crippen LogP contribution is -2.32. The molecule has 0 heterocycles. The first-order valence-electron chi connectivity index (χ1n) is 7.02. The predicted molar refractivity (Wildman–Crippen MR) is 79.7 cm³/mol. The van der Waals surface area contributed by atoms with E-state index in [4.69, 9.17) is 14.2 Å². The van der Waals surface area contributed by atoms with E-state index in [2.05, 4.69) is 0 Å². The largest absolute Gasteiger partial charge is 0.493 e. The van der Waals surface area contributed by atoms with E-state index in [0.29, 0.717) is 24.3 Å². The summed E-state index contributed by atoms with van der Waals surface area (Å²) in [6.45, 7) is 0. The van der Waals surface area contributed by atoms with E-state index >= 15 is 0 Å². The van der Waals surface area contributed by atoms with Gasteiger partial charge >= 0.3 is 5.97 Å². The molecule has 1 aromatic carbocycles. The zero-order chi connectivity index (χ0) is 16.1. The molecule has 22 heavy (non-hydrogen) atoms. The lowest BCUT2D eigenvalue weighted by molar-refractivity contribution is -0.148. The summed E-state index contributed by atoms with van der Waals surface area (Å²) < 4.78 is 15.4. The lowest BCUT2D eigenvalue weighted by atomic mass is 10.2. The van der Waals surface area contributed by atoms with Crippen LogP contribution in [-0.2, 0) is 9.53 Å². The summed E-state index contributed by atoms with van der Waals surface area (Å²) in [4.78, 5) is 11.7. The zero-order valence-corrected chi connectivity index (χ0v) is 12.6. The number of carbonyl (C=O) groups is 1. The first kappa shape index (κ1) is 16.3. The molecule has 2 rings (SSSR count). The van der Waals surface area contributed by atoms with Crippen molar-refractivity contribution in [2.75, 3.05) is 14.2 Å². The molecule has 0 radical (unpaired) electrons. The Morgan fingerprint density at radius 3 is 2.50 bits per heavy atom. The minimum atomic E-state index is -1.02. The molecule has 0 amide bonds. The second-order valence-electron chi connectivity index (χ2n) is 5.06. The summed E-state index contributed by atoms with van der Waals surface area (Å²) in [5, 5.41) is 19.0. The van der Waals surface area contributed by atoms with Gasteiger partial charge in [-0.1, -0.05) is 6.07 Å². The minimum absolute atomic E-state index is 0.429. The van der Waals surface area contributed by atoms with Gasteiger partial charge in [0.2, 0.25) is 0 Å². The van der Waals surface area contributed by atoms with Crippen LogP contribution in [0.3, 0.4) is 0 Å². The second-order valence-corrected chi connectivity index (χ2v) is 5.06. The van der Waals surface area contributed by atoms with E-state index in [0.717, 1.165) is 5.56 Å². The van der Waals surface area contributed by atoms with E-state index < -0.39 is 24.3 Å². The zero-order valence-electron chi connectivity index (χ0n) is 12.6. The van der Waals surface area contributed by atoms with Crippen LogP contribution in [0, 0.1) is 0 Å². The molecule has 3 atom stereocenters. The van der Waals surface area contributed by atoms with Crippen LogP contribution in [0.1, 0.15) is 18.4 Å². The summed E-state index contributed by atoms with van der Waals surface area (Å²) in [5.41, 5.74) is 0.751. The Morgan fingerprint density at radius 2 is 1.91 bits per heavy atom. The first-order chi connectivity index (χ1) is 10.5. The third kappa shape index (κ3) is 3.78. The SMILES string of the molecule is COc1ccc(/C=C/C(=O)O[C@@H]2CC[C@H](O)[C@@H]2O)cc1OC. The van der Waals surface area contributed by atoms with Crippen molar-refractivity contribution in [2.24, 2.45) is 0 Å². The quantitative estimate of drug-likeness (QED) is 0.627. The number of esters is 1. The van der Waals surface area contributed by atoms with Crippen LogP contribution in [0.15, 0.2) is 24.3 Å².